The van der Waals surface area contributed by atoms with Crippen LogP contribution in [0.1, 0.15) is 25.7 Å². The molecule has 0 saturated carbocycles. The SMILES string of the molecule is O=C(O)[C@@H]1CCCN1C(=O)[C@@H]1CCCN1Sc1ccccc1[N+](=O)[O-]. The van der Waals surface area contributed by atoms with E-state index in [9.17, 15) is 24.8 Å². The quantitative estimate of drug-likeness (QED) is 0.484. The van der Waals surface area contributed by atoms with E-state index in [-0.39, 0.29) is 11.6 Å². The van der Waals surface area contributed by atoms with E-state index in [0.29, 0.717) is 37.2 Å². The topological polar surface area (TPSA) is 104 Å². The van der Waals surface area contributed by atoms with Crippen LogP contribution in [-0.2, 0) is 9.59 Å². The van der Waals surface area contributed by atoms with Gasteiger partial charge in [0, 0.05) is 19.2 Å². The van der Waals surface area contributed by atoms with Crippen LogP contribution >= 0.6 is 11.9 Å². The first-order valence-corrected chi connectivity index (χ1v) is 8.97. The second-order valence-electron chi connectivity index (χ2n) is 6.14. The molecule has 8 nitrogen and oxygen atoms in total. The monoisotopic (exact) mass is 365 g/mol. The van der Waals surface area contributed by atoms with Crippen molar-refractivity contribution in [1.29, 1.82) is 0 Å². The molecule has 1 aromatic rings. The molecule has 1 N–H and O–H groups in total. The summed E-state index contributed by atoms with van der Waals surface area (Å²) >= 11 is 1.21. The molecule has 0 bridgehead atoms. The Hall–Kier alpha value is -2.13. The Balaban J connectivity index is 1.76. The Morgan fingerprint density at radius 1 is 1.16 bits per heavy atom. The van der Waals surface area contributed by atoms with Crippen LogP contribution in [0, 0.1) is 10.1 Å². The highest BCUT2D eigenvalue weighted by Crippen LogP contribution is 2.37. The minimum atomic E-state index is -0.971. The third-order valence-corrected chi connectivity index (χ3v) is 5.80. The van der Waals surface area contributed by atoms with E-state index in [1.807, 2.05) is 4.31 Å². The van der Waals surface area contributed by atoms with Gasteiger partial charge in [0.1, 0.15) is 10.9 Å². The second-order valence-corrected chi connectivity index (χ2v) is 7.23. The number of amides is 1. The molecule has 2 heterocycles. The number of nitro benzene ring substituents is 1. The lowest BCUT2D eigenvalue weighted by molar-refractivity contribution is -0.387. The smallest absolute Gasteiger partial charge is 0.326 e. The molecule has 2 fully saturated rings. The number of carboxylic acids is 1. The maximum atomic E-state index is 12.9. The zero-order valence-corrected chi connectivity index (χ0v) is 14.4. The molecule has 0 aromatic heterocycles. The van der Waals surface area contributed by atoms with Crippen molar-refractivity contribution in [2.75, 3.05) is 13.1 Å². The van der Waals surface area contributed by atoms with Crippen LogP contribution in [0.5, 0.6) is 0 Å². The largest absolute Gasteiger partial charge is 0.480 e. The van der Waals surface area contributed by atoms with Crippen LogP contribution < -0.4 is 0 Å². The lowest BCUT2D eigenvalue weighted by Crippen LogP contribution is -2.48. The van der Waals surface area contributed by atoms with Crippen LogP contribution in [0.15, 0.2) is 29.2 Å². The Kier molecular flexibility index (Phi) is 5.24. The van der Waals surface area contributed by atoms with Gasteiger partial charge < -0.3 is 10.0 Å². The summed E-state index contributed by atoms with van der Waals surface area (Å²) < 4.78 is 1.85. The van der Waals surface area contributed by atoms with Crippen molar-refractivity contribution in [3.63, 3.8) is 0 Å². The maximum absolute atomic E-state index is 12.9. The van der Waals surface area contributed by atoms with Gasteiger partial charge in [-0.05, 0) is 43.7 Å². The van der Waals surface area contributed by atoms with Gasteiger partial charge in [-0.15, -0.1) is 0 Å². The summed E-state index contributed by atoms with van der Waals surface area (Å²) in [5.41, 5.74) is 0.00943. The van der Waals surface area contributed by atoms with Gasteiger partial charge >= 0.3 is 5.97 Å². The van der Waals surface area contributed by atoms with Crippen LogP contribution in [0.25, 0.3) is 0 Å². The number of para-hydroxylation sites is 1. The third kappa shape index (κ3) is 3.62. The normalized spacial score (nSPS) is 23.8. The van der Waals surface area contributed by atoms with E-state index in [2.05, 4.69) is 0 Å². The zero-order valence-electron chi connectivity index (χ0n) is 13.5. The molecule has 1 aromatic carbocycles. The summed E-state index contributed by atoms with van der Waals surface area (Å²) in [5.74, 6) is -1.16. The number of carbonyl (C=O) groups is 2. The lowest BCUT2D eigenvalue weighted by Gasteiger charge is -2.29. The van der Waals surface area contributed by atoms with Gasteiger partial charge in [0.25, 0.3) is 5.69 Å². The van der Waals surface area contributed by atoms with Gasteiger partial charge in [0.05, 0.1) is 11.0 Å². The molecule has 9 heteroatoms. The molecular formula is C16H19N3O5S. The average Bonchev–Trinajstić information content (AvgIpc) is 3.23. The van der Waals surface area contributed by atoms with Crippen molar-refractivity contribution in [2.45, 2.75) is 42.7 Å². The van der Waals surface area contributed by atoms with Gasteiger partial charge in [-0.3, -0.25) is 14.9 Å². The number of aliphatic carboxylic acids is 1. The highest BCUT2D eigenvalue weighted by atomic mass is 32.2. The molecule has 2 atom stereocenters. The summed E-state index contributed by atoms with van der Waals surface area (Å²) in [5, 5.41) is 20.5. The van der Waals surface area contributed by atoms with Gasteiger partial charge in [-0.2, -0.15) is 0 Å². The fraction of sp³-hybridized carbons (Fsp3) is 0.500. The highest BCUT2D eigenvalue weighted by Gasteiger charge is 2.41. The minimum absolute atomic E-state index is 0.00943. The predicted octanol–water partition coefficient (Wildman–Crippen LogP) is 2.14. The molecule has 1 amide bonds. The number of nitrogens with zero attached hydrogens (tertiary/aromatic N) is 3. The molecule has 2 saturated heterocycles. The molecule has 0 radical (unpaired) electrons. The summed E-state index contributed by atoms with van der Waals surface area (Å²) in [6.07, 6.45) is 2.60. The van der Waals surface area contributed by atoms with Gasteiger partial charge in [0.2, 0.25) is 5.91 Å². The number of rotatable bonds is 5. The van der Waals surface area contributed by atoms with E-state index >= 15 is 0 Å². The predicted molar refractivity (Wildman–Crippen MR) is 91.1 cm³/mol. The number of carbonyl (C=O) groups excluding carboxylic acids is 1. The van der Waals surface area contributed by atoms with E-state index in [1.165, 1.54) is 22.9 Å². The van der Waals surface area contributed by atoms with Crippen LogP contribution in [0.4, 0.5) is 5.69 Å². The molecule has 2 aliphatic rings. The maximum Gasteiger partial charge on any atom is 0.326 e. The van der Waals surface area contributed by atoms with Crippen LogP contribution in [-0.4, -0.2) is 56.3 Å². The zero-order chi connectivity index (χ0) is 18.0. The lowest BCUT2D eigenvalue weighted by atomic mass is 10.1. The summed E-state index contributed by atoms with van der Waals surface area (Å²) in [6, 6.07) is 5.24. The number of likely N-dealkylation sites (tertiary alicyclic amines) is 1. The summed E-state index contributed by atoms with van der Waals surface area (Å²) in [6.45, 7) is 1.09. The molecule has 0 unspecified atom stereocenters. The molecule has 0 spiro atoms. The van der Waals surface area contributed by atoms with E-state index in [0.717, 1.165) is 6.42 Å². The summed E-state index contributed by atoms with van der Waals surface area (Å²) in [4.78, 5) is 36.9. The van der Waals surface area contributed by atoms with E-state index in [1.54, 1.807) is 18.2 Å². The Morgan fingerprint density at radius 3 is 2.56 bits per heavy atom. The van der Waals surface area contributed by atoms with Gasteiger partial charge in [-0.25, -0.2) is 9.10 Å². The van der Waals surface area contributed by atoms with Crippen LogP contribution in [0.2, 0.25) is 0 Å². The number of hydrogen-bond acceptors (Lipinski definition) is 6. The molecule has 134 valence electrons. The molecule has 25 heavy (non-hydrogen) atoms. The van der Waals surface area contributed by atoms with E-state index < -0.39 is 23.0 Å². The van der Waals surface area contributed by atoms with Crippen molar-refractivity contribution in [3.05, 3.63) is 34.4 Å². The first-order chi connectivity index (χ1) is 12.0. The van der Waals surface area contributed by atoms with Crippen LogP contribution in [0.3, 0.4) is 0 Å². The van der Waals surface area contributed by atoms with Crippen molar-refractivity contribution >= 4 is 29.5 Å². The Bertz CT molecular complexity index is 698. The first kappa shape index (κ1) is 17.7. The van der Waals surface area contributed by atoms with Gasteiger partial charge in [-0.1, -0.05) is 12.1 Å². The number of nitro groups is 1. The Labute approximate surface area is 149 Å². The van der Waals surface area contributed by atoms with Gasteiger partial charge in [0.15, 0.2) is 0 Å². The standard InChI is InChI=1S/C16H19N3O5S/c20-15(17-9-3-7-13(17)16(21)22)12-6-4-10-18(12)25-14-8-2-1-5-11(14)19(23)24/h1-2,5,8,12-13H,3-4,6-7,9-10H2,(H,21,22)/t12-,13-/m0/s1. The molecule has 2 aliphatic heterocycles. The average molecular weight is 365 g/mol. The number of hydrogen-bond donors (Lipinski definition) is 1. The fourth-order valence-corrected chi connectivity index (χ4v) is 4.56. The number of benzene rings is 1. The summed E-state index contributed by atoms with van der Waals surface area (Å²) in [7, 11) is 0. The third-order valence-electron chi connectivity index (χ3n) is 4.59. The Morgan fingerprint density at radius 2 is 1.84 bits per heavy atom. The van der Waals surface area contributed by atoms with Crippen molar-refractivity contribution < 1.29 is 19.6 Å². The molecule has 3 rings (SSSR count). The molecular weight excluding hydrogens is 346 g/mol. The van der Waals surface area contributed by atoms with Crippen molar-refractivity contribution in [1.82, 2.24) is 9.21 Å². The second kappa shape index (κ2) is 7.40. The highest BCUT2D eigenvalue weighted by molar-refractivity contribution is 7.97. The fourth-order valence-electron chi connectivity index (χ4n) is 3.39. The van der Waals surface area contributed by atoms with E-state index in [4.69, 9.17) is 0 Å². The first-order valence-electron chi connectivity index (χ1n) is 8.20. The minimum Gasteiger partial charge on any atom is -0.480 e. The number of carboxylic acid groups (broad SMARTS) is 1. The molecule has 0 aliphatic carbocycles. The van der Waals surface area contributed by atoms with Crippen molar-refractivity contribution in [2.24, 2.45) is 0 Å². The van der Waals surface area contributed by atoms with Crippen molar-refractivity contribution in [3.8, 4) is 0 Å².